The molecule has 1 atom stereocenters. The fraction of sp³-hybridized carbons (Fsp3) is 0.923. The minimum atomic E-state index is 0.152. The second-order valence-electron chi connectivity index (χ2n) is 5.44. The second-order valence-corrected chi connectivity index (χ2v) is 5.44. The molecule has 18 heavy (non-hydrogen) atoms. The smallest absolute Gasteiger partial charge is 0.209 e. The van der Waals surface area contributed by atoms with Crippen molar-refractivity contribution in [2.24, 2.45) is 5.92 Å². The van der Waals surface area contributed by atoms with Gasteiger partial charge in [-0.05, 0) is 12.5 Å². The number of ether oxygens (including phenoxy) is 1. The van der Waals surface area contributed by atoms with Gasteiger partial charge in [0, 0.05) is 39.8 Å². The third kappa shape index (κ3) is 6.33. The third-order valence-electron chi connectivity index (χ3n) is 3.05. The van der Waals surface area contributed by atoms with Crippen molar-refractivity contribution in [2.75, 3.05) is 52.9 Å². The molecule has 0 radical (unpaired) electrons. The standard InChI is InChI=1S/C13H27N3O2/c1-12(2)8-14-4-5-16-6-7-18-13(10-16)9-15(3)11-17/h11-14H,4-10H2,1-3H3. The Kier molecular flexibility index (Phi) is 7.23. The van der Waals surface area contributed by atoms with E-state index in [9.17, 15) is 4.79 Å². The number of hydrogen-bond donors (Lipinski definition) is 1. The van der Waals surface area contributed by atoms with Crippen LogP contribution in [0.2, 0.25) is 0 Å². The predicted octanol–water partition coefficient (Wildman–Crippen LogP) is 0.0210. The topological polar surface area (TPSA) is 44.8 Å². The summed E-state index contributed by atoms with van der Waals surface area (Å²) in [6.07, 6.45) is 1.01. The number of morpholine rings is 1. The van der Waals surface area contributed by atoms with Crippen LogP contribution in [0.4, 0.5) is 0 Å². The molecule has 0 aromatic rings. The van der Waals surface area contributed by atoms with Gasteiger partial charge in [-0.15, -0.1) is 0 Å². The SMILES string of the molecule is CC(C)CNCCN1CCOC(CN(C)C=O)C1. The summed E-state index contributed by atoms with van der Waals surface area (Å²) >= 11 is 0. The molecule has 1 fully saturated rings. The molecule has 0 spiro atoms. The molecule has 1 saturated heterocycles. The molecular formula is C13H27N3O2. The highest BCUT2D eigenvalue weighted by atomic mass is 16.5. The Hall–Kier alpha value is -0.650. The van der Waals surface area contributed by atoms with Crippen molar-refractivity contribution in [3.8, 4) is 0 Å². The van der Waals surface area contributed by atoms with Gasteiger partial charge < -0.3 is 15.0 Å². The van der Waals surface area contributed by atoms with Gasteiger partial charge in [0.1, 0.15) is 0 Å². The van der Waals surface area contributed by atoms with Crippen LogP contribution in [-0.2, 0) is 9.53 Å². The average molecular weight is 257 g/mol. The molecule has 1 N–H and O–H groups in total. The molecule has 1 amide bonds. The maximum Gasteiger partial charge on any atom is 0.209 e. The quantitative estimate of drug-likeness (QED) is 0.492. The van der Waals surface area contributed by atoms with Gasteiger partial charge in [-0.25, -0.2) is 0 Å². The molecule has 0 aromatic heterocycles. The van der Waals surface area contributed by atoms with E-state index in [0.717, 1.165) is 45.7 Å². The van der Waals surface area contributed by atoms with Gasteiger partial charge in [-0.1, -0.05) is 13.8 Å². The fourth-order valence-electron chi connectivity index (χ4n) is 2.09. The van der Waals surface area contributed by atoms with Crippen LogP contribution in [0.1, 0.15) is 13.8 Å². The molecule has 5 heteroatoms. The predicted molar refractivity (Wildman–Crippen MR) is 72.6 cm³/mol. The molecule has 0 aromatic carbocycles. The van der Waals surface area contributed by atoms with Crippen LogP contribution in [0, 0.1) is 5.92 Å². The maximum atomic E-state index is 10.6. The highest BCUT2D eigenvalue weighted by Gasteiger charge is 2.20. The number of rotatable bonds is 8. The van der Waals surface area contributed by atoms with E-state index in [4.69, 9.17) is 4.74 Å². The van der Waals surface area contributed by atoms with Crippen molar-refractivity contribution in [2.45, 2.75) is 20.0 Å². The van der Waals surface area contributed by atoms with Gasteiger partial charge >= 0.3 is 0 Å². The molecule has 1 heterocycles. The summed E-state index contributed by atoms with van der Waals surface area (Å²) in [5.41, 5.74) is 0. The number of nitrogens with one attached hydrogen (secondary N) is 1. The van der Waals surface area contributed by atoms with E-state index >= 15 is 0 Å². The number of carbonyl (C=O) groups is 1. The Morgan fingerprint density at radius 2 is 2.33 bits per heavy atom. The summed E-state index contributed by atoms with van der Waals surface area (Å²) < 4.78 is 5.66. The molecule has 106 valence electrons. The van der Waals surface area contributed by atoms with E-state index in [-0.39, 0.29) is 6.10 Å². The van der Waals surface area contributed by atoms with E-state index in [1.54, 1.807) is 11.9 Å². The largest absolute Gasteiger partial charge is 0.374 e. The minimum absolute atomic E-state index is 0.152. The molecule has 1 rings (SSSR count). The van der Waals surface area contributed by atoms with Crippen LogP contribution in [-0.4, -0.2) is 75.2 Å². The Balaban J connectivity index is 2.16. The first kappa shape index (κ1) is 15.4. The summed E-state index contributed by atoms with van der Waals surface area (Å²) in [5.74, 6) is 0.698. The van der Waals surface area contributed by atoms with Crippen molar-refractivity contribution in [1.82, 2.24) is 15.1 Å². The van der Waals surface area contributed by atoms with E-state index in [0.29, 0.717) is 12.5 Å². The lowest BCUT2D eigenvalue weighted by atomic mass is 10.2. The first-order valence-electron chi connectivity index (χ1n) is 6.82. The number of carbonyl (C=O) groups excluding carboxylic acids is 1. The number of likely N-dealkylation sites (N-methyl/N-ethyl adjacent to an activating group) is 1. The number of amides is 1. The highest BCUT2D eigenvalue weighted by Crippen LogP contribution is 2.05. The average Bonchev–Trinajstić information content (AvgIpc) is 2.35. The molecule has 0 bridgehead atoms. The summed E-state index contributed by atoms with van der Waals surface area (Å²) in [6.45, 7) is 10.9. The van der Waals surface area contributed by atoms with E-state index in [1.807, 2.05) is 0 Å². The van der Waals surface area contributed by atoms with Gasteiger partial charge in [0.2, 0.25) is 6.41 Å². The number of nitrogens with zero attached hydrogens (tertiary/aromatic N) is 2. The molecule has 1 aliphatic heterocycles. The van der Waals surface area contributed by atoms with Crippen LogP contribution in [0.25, 0.3) is 0 Å². The lowest BCUT2D eigenvalue weighted by Crippen LogP contribution is -2.48. The first-order valence-corrected chi connectivity index (χ1v) is 6.82. The summed E-state index contributed by atoms with van der Waals surface area (Å²) in [6, 6.07) is 0. The van der Waals surface area contributed by atoms with Gasteiger partial charge in [0.05, 0.1) is 12.7 Å². The van der Waals surface area contributed by atoms with Gasteiger partial charge in [-0.2, -0.15) is 0 Å². The maximum absolute atomic E-state index is 10.6. The van der Waals surface area contributed by atoms with Crippen molar-refractivity contribution in [1.29, 1.82) is 0 Å². The Morgan fingerprint density at radius 3 is 3.00 bits per heavy atom. The van der Waals surface area contributed by atoms with Crippen LogP contribution < -0.4 is 5.32 Å². The lowest BCUT2D eigenvalue weighted by molar-refractivity contribution is -0.120. The van der Waals surface area contributed by atoms with Crippen LogP contribution in [0.3, 0.4) is 0 Å². The minimum Gasteiger partial charge on any atom is -0.374 e. The van der Waals surface area contributed by atoms with Crippen molar-refractivity contribution in [3.05, 3.63) is 0 Å². The Labute approximate surface area is 110 Å². The van der Waals surface area contributed by atoms with Crippen molar-refractivity contribution in [3.63, 3.8) is 0 Å². The zero-order valence-corrected chi connectivity index (χ0v) is 11.9. The van der Waals surface area contributed by atoms with E-state index < -0.39 is 0 Å². The molecule has 0 saturated carbocycles. The van der Waals surface area contributed by atoms with Crippen molar-refractivity contribution < 1.29 is 9.53 Å². The van der Waals surface area contributed by atoms with Crippen LogP contribution in [0.5, 0.6) is 0 Å². The zero-order chi connectivity index (χ0) is 13.4. The summed E-state index contributed by atoms with van der Waals surface area (Å²) in [5, 5.41) is 3.45. The second kappa shape index (κ2) is 8.45. The van der Waals surface area contributed by atoms with E-state index in [2.05, 4.69) is 24.1 Å². The monoisotopic (exact) mass is 257 g/mol. The summed E-state index contributed by atoms with van der Waals surface area (Å²) in [4.78, 5) is 14.6. The van der Waals surface area contributed by atoms with Crippen LogP contribution >= 0.6 is 0 Å². The van der Waals surface area contributed by atoms with Gasteiger partial charge in [0.15, 0.2) is 0 Å². The number of hydrogen-bond acceptors (Lipinski definition) is 4. The van der Waals surface area contributed by atoms with Crippen molar-refractivity contribution >= 4 is 6.41 Å². The lowest BCUT2D eigenvalue weighted by Gasteiger charge is -2.34. The fourth-order valence-corrected chi connectivity index (χ4v) is 2.09. The molecule has 1 aliphatic rings. The summed E-state index contributed by atoms with van der Waals surface area (Å²) in [7, 11) is 1.79. The Morgan fingerprint density at radius 1 is 1.56 bits per heavy atom. The van der Waals surface area contributed by atoms with Gasteiger partial charge in [-0.3, -0.25) is 9.69 Å². The molecule has 1 unspecified atom stereocenters. The normalized spacial score (nSPS) is 21.2. The van der Waals surface area contributed by atoms with E-state index in [1.165, 1.54) is 0 Å². The first-order chi connectivity index (χ1) is 8.61. The molecular weight excluding hydrogens is 230 g/mol. The zero-order valence-electron chi connectivity index (χ0n) is 11.9. The molecule has 0 aliphatic carbocycles. The Bertz CT molecular complexity index is 236. The molecule has 5 nitrogen and oxygen atoms in total. The van der Waals surface area contributed by atoms with Crippen LogP contribution in [0.15, 0.2) is 0 Å². The third-order valence-corrected chi connectivity index (χ3v) is 3.05. The van der Waals surface area contributed by atoms with Gasteiger partial charge in [0.25, 0.3) is 0 Å². The highest BCUT2D eigenvalue weighted by molar-refractivity contribution is 5.46.